The van der Waals surface area contributed by atoms with Crippen LogP contribution in [0.15, 0.2) is 35.3 Å². The number of amides is 1. The molecule has 2 aromatic rings. The molecule has 0 spiro atoms. The first-order valence-corrected chi connectivity index (χ1v) is 8.13. The number of benzene rings is 1. The lowest BCUT2D eigenvalue weighted by Crippen LogP contribution is -2.58. The minimum absolute atomic E-state index is 0.0995. The molecule has 0 radical (unpaired) electrons. The SMILES string of the molecule is Cc1ccc(N2C(=Nc3nc(C)cc(C)n3)NC(=O)C[C@@H]2C(=O)O)cc1. The van der Waals surface area contributed by atoms with E-state index in [0.29, 0.717) is 5.69 Å². The fraction of sp³-hybridized carbons (Fsp3) is 0.278. The maximum absolute atomic E-state index is 12.0. The molecule has 134 valence electrons. The average Bonchev–Trinajstić information content (AvgIpc) is 2.54. The number of aryl methyl sites for hydroxylation is 3. The van der Waals surface area contributed by atoms with Crippen molar-refractivity contribution < 1.29 is 14.7 Å². The van der Waals surface area contributed by atoms with Gasteiger partial charge in [-0.1, -0.05) is 17.7 Å². The van der Waals surface area contributed by atoms with Gasteiger partial charge < -0.3 is 5.11 Å². The van der Waals surface area contributed by atoms with Crippen molar-refractivity contribution in [3.63, 3.8) is 0 Å². The highest BCUT2D eigenvalue weighted by Gasteiger charge is 2.37. The van der Waals surface area contributed by atoms with Crippen LogP contribution in [0.1, 0.15) is 23.4 Å². The summed E-state index contributed by atoms with van der Waals surface area (Å²) in [6.07, 6.45) is -0.171. The highest BCUT2D eigenvalue weighted by molar-refractivity contribution is 6.13. The molecule has 1 amide bonds. The summed E-state index contributed by atoms with van der Waals surface area (Å²) in [5, 5.41) is 12.3. The Labute approximate surface area is 150 Å². The molecule has 0 saturated carbocycles. The lowest BCUT2D eigenvalue weighted by Gasteiger charge is -2.35. The van der Waals surface area contributed by atoms with Gasteiger partial charge in [-0.3, -0.25) is 15.0 Å². The molecule has 0 bridgehead atoms. The number of hydrogen-bond acceptors (Lipinski definition) is 5. The quantitative estimate of drug-likeness (QED) is 0.872. The summed E-state index contributed by atoms with van der Waals surface area (Å²) in [6.45, 7) is 5.57. The maximum atomic E-state index is 12.0. The fourth-order valence-electron chi connectivity index (χ4n) is 2.79. The second kappa shape index (κ2) is 6.91. The number of nitrogens with one attached hydrogen (secondary N) is 1. The highest BCUT2D eigenvalue weighted by Crippen LogP contribution is 2.24. The highest BCUT2D eigenvalue weighted by atomic mass is 16.4. The van der Waals surface area contributed by atoms with Crippen molar-refractivity contribution in [3.05, 3.63) is 47.3 Å². The number of carbonyl (C=O) groups is 2. The van der Waals surface area contributed by atoms with E-state index < -0.39 is 17.9 Å². The summed E-state index contributed by atoms with van der Waals surface area (Å²) in [7, 11) is 0. The molecule has 1 saturated heterocycles. The van der Waals surface area contributed by atoms with E-state index in [0.717, 1.165) is 17.0 Å². The van der Waals surface area contributed by atoms with Crippen molar-refractivity contribution >= 4 is 29.5 Å². The van der Waals surface area contributed by atoms with E-state index in [1.54, 1.807) is 18.2 Å². The Morgan fingerprint density at radius 2 is 1.81 bits per heavy atom. The number of hydrogen-bond donors (Lipinski definition) is 2. The van der Waals surface area contributed by atoms with Crippen LogP contribution in [-0.4, -0.2) is 39.0 Å². The van der Waals surface area contributed by atoms with Gasteiger partial charge in [-0.15, -0.1) is 0 Å². The van der Waals surface area contributed by atoms with Gasteiger partial charge in [-0.2, -0.15) is 4.99 Å². The summed E-state index contributed by atoms with van der Waals surface area (Å²) >= 11 is 0. The number of rotatable bonds is 3. The number of nitrogens with zero attached hydrogens (tertiary/aromatic N) is 4. The molecule has 1 aliphatic rings. The number of aliphatic carboxylic acids is 1. The van der Waals surface area contributed by atoms with E-state index in [1.165, 1.54) is 4.90 Å². The molecule has 2 heterocycles. The molecule has 26 heavy (non-hydrogen) atoms. The van der Waals surface area contributed by atoms with Crippen LogP contribution in [0.3, 0.4) is 0 Å². The third kappa shape index (κ3) is 3.69. The van der Waals surface area contributed by atoms with Gasteiger partial charge in [0.2, 0.25) is 11.9 Å². The van der Waals surface area contributed by atoms with Gasteiger partial charge in [-0.05, 0) is 39.0 Å². The van der Waals surface area contributed by atoms with Gasteiger partial charge in [0.1, 0.15) is 6.04 Å². The van der Waals surface area contributed by atoms with Crippen molar-refractivity contribution in [1.29, 1.82) is 0 Å². The number of guanidine groups is 1. The second-order valence-corrected chi connectivity index (χ2v) is 6.20. The van der Waals surface area contributed by atoms with Gasteiger partial charge in [0.05, 0.1) is 6.42 Å². The minimum Gasteiger partial charge on any atom is -0.480 e. The minimum atomic E-state index is -1.10. The largest absolute Gasteiger partial charge is 0.480 e. The van der Waals surface area contributed by atoms with Gasteiger partial charge in [0.15, 0.2) is 0 Å². The Bertz CT molecular complexity index is 872. The molecular weight excluding hydrogens is 334 g/mol. The lowest BCUT2D eigenvalue weighted by atomic mass is 10.1. The van der Waals surface area contributed by atoms with Gasteiger partial charge in [0.25, 0.3) is 5.95 Å². The van der Waals surface area contributed by atoms with Crippen LogP contribution in [0.25, 0.3) is 0 Å². The van der Waals surface area contributed by atoms with Crippen LogP contribution in [0.5, 0.6) is 0 Å². The molecule has 3 rings (SSSR count). The lowest BCUT2D eigenvalue weighted by molar-refractivity contribution is -0.140. The first kappa shape index (κ1) is 17.5. The van der Waals surface area contributed by atoms with Crippen molar-refractivity contribution in [2.45, 2.75) is 33.2 Å². The normalized spacial score (nSPS) is 18.7. The van der Waals surface area contributed by atoms with Gasteiger partial charge in [-0.25, -0.2) is 14.8 Å². The Morgan fingerprint density at radius 1 is 1.19 bits per heavy atom. The van der Waals surface area contributed by atoms with Crippen LogP contribution in [0.4, 0.5) is 11.6 Å². The van der Waals surface area contributed by atoms with Crippen molar-refractivity contribution in [2.24, 2.45) is 4.99 Å². The third-order valence-electron chi connectivity index (χ3n) is 3.94. The number of aliphatic imine (C=N–C) groups is 1. The summed E-state index contributed by atoms with van der Waals surface area (Å²) in [5.74, 6) is -1.25. The zero-order valence-corrected chi connectivity index (χ0v) is 14.7. The van der Waals surface area contributed by atoms with E-state index >= 15 is 0 Å². The van der Waals surface area contributed by atoms with Crippen LogP contribution < -0.4 is 10.2 Å². The summed E-state index contributed by atoms with van der Waals surface area (Å²) < 4.78 is 0. The summed E-state index contributed by atoms with van der Waals surface area (Å²) in [5.41, 5.74) is 3.12. The van der Waals surface area contributed by atoms with E-state index in [4.69, 9.17) is 0 Å². The standard InChI is InChI=1S/C18H19N5O3/c1-10-4-6-13(7-5-10)23-14(16(25)26)9-15(24)21-18(23)22-17-19-11(2)8-12(3)20-17/h4-8,14H,9H2,1-3H3,(H,25,26)(H,19,20,21,22,24)/t14-/m1/s1. The fourth-order valence-corrected chi connectivity index (χ4v) is 2.79. The number of carboxylic acid groups (broad SMARTS) is 1. The second-order valence-electron chi connectivity index (χ2n) is 6.20. The molecule has 2 N–H and O–H groups in total. The Morgan fingerprint density at radius 3 is 2.38 bits per heavy atom. The third-order valence-corrected chi connectivity index (χ3v) is 3.94. The topological polar surface area (TPSA) is 108 Å². The predicted octanol–water partition coefficient (Wildman–Crippen LogP) is 1.87. The Hall–Kier alpha value is -3.29. The molecule has 1 aromatic carbocycles. The summed E-state index contributed by atoms with van der Waals surface area (Å²) in [4.78, 5) is 38.1. The number of carboxylic acids is 1. The predicted molar refractivity (Wildman–Crippen MR) is 96.4 cm³/mol. The number of aromatic nitrogens is 2. The Kier molecular flexibility index (Phi) is 4.66. The molecule has 8 heteroatoms. The number of anilines is 1. The van der Waals surface area contributed by atoms with E-state index in [2.05, 4.69) is 20.3 Å². The van der Waals surface area contributed by atoms with Crippen LogP contribution >= 0.6 is 0 Å². The molecule has 1 aromatic heterocycles. The molecule has 0 aliphatic carbocycles. The molecule has 8 nitrogen and oxygen atoms in total. The van der Waals surface area contributed by atoms with Gasteiger partial charge in [0, 0.05) is 17.1 Å². The van der Waals surface area contributed by atoms with Crippen LogP contribution in [0, 0.1) is 20.8 Å². The molecule has 1 fully saturated rings. The van der Waals surface area contributed by atoms with E-state index in [-0.39, 0.29) is 18.3 Å². The van der Waals surface area contributed by atoms with Crippen LogP contribution in [-0.2, 0) is 9.59 Å². The molecular formula is C18H19N5O3. The van der Waals surface area contributed by atoms with Crippen molar-refractivity contribution in [1.82, 2.24) is 15.3 Å². The average molecular weight is 353 g/mol. The van der Waals surface area contributed by atoms with Crippen molar-refractivity contribution in [2.75, 3.05) is 4.90 Å². The molecule has 0 unspecified atom stereocenters. The smallest absolute Gasteiger partial charge is 0.327 e. The van der Waals surface area contributed by atoms with E-state index in [1.807, 2.05) is 32.9 Å². The maximum Gasteiger partial charge on any atom is 0.327 e. The first-order valence-electron chi connectivity index (χ1n) is 8.13. The molecule has 1 atom stereocenters. The van der Waals surface area contributed by atoms with Crippen LogP contribution in [0.2, 0.25) is 0 Å². The Balaban J connectivity index is 2.11. The monoisotopic (exact) mass is 353 g/mol. The zero-order chi connectivity index (χ0) is 18.8. The first-order chi connectivity index (χ1) is 12.3. The van der Waals surface area contributed by atoms with E-state index in [9.17, 15) is 14.7 Å². The summed E-state index contributed by atoms with van der Waals surface area (Å²) in [6, 6.07) is 8.07. The van der Waals surface area contributed by atoms with Crippen molar-refractivity contribution in [3.8, 4) is 0 Å². The van der Waals surface area contributed by atoms with Gasteiger partial charge >= 0.3 is 5.97 Å². The zero-order valence-electron chi connectivity index (χ0n) is 14.7. The number of carbonyl (C=O) groups excluding carboxylic acids is 1. The molecule has 1 aliphatic heterocycles.